The van der Waals surface area contributed by atoms with Gasteiger partial charge in [-0.05, 0) is 47.9 Å². The predicted octanol–water partition coefficient (Wildman–Crippen LogP) is 4.71. The van der Waals surface area contributed by atoms with E-state index < -0.39 is 17.3 Å². The van der Waals surface area contributed by atoms with E-state index in [4.69, 9.17) is 14.9 Å². The normalized spacial score (nSPS) is 19.8. The van der Waals surface area contributed by atoms with Gasteiger partial charge >= 0.3 is 0 Å². The average molecular weight is 474 g/mol. The van der Waals surface area contributed by atoms with Crippen molar-refractivity contribution in [3.8, 4) is 11.1 Å². The lowest BCUT2D eigenvalue weighted by Gasteiger charge is -2.41. The van der Waals surface area contributed by atoms with Crippen LogP contribution in [-0.4, -0.2) is 31.2 Å². The Labute approximate surface area is 199 Å². The predicted molar refractivity (Wildman–Crippen MR) is 125 cm³/mol. The number of rotatable bonds is 5. The molecule has 0 radical (unpaired) electrons. The molecule has 2 aromatic carbocycles. The Morgan fingerprint density at radius 3 is 2.51 bits per heavy atom. The van der Waals surface area contributed by atoms with Gasteiger partial charge in [0.25, 0.3) is 18.0 Å². The SMILES string of the molecule is CCO/C(O)=C1/c2cc(-c3ccc([N+](=O)[O-])cc3)cc(=N)n2C2OC=C(O)N2C1c1ccccc1. The number of nitro groups is 1. The fourth-order valence-electron chi connectivity index (χ4n) is 4.48. The third-order valence-electron chi connectivity index (χ3n) is 5.99. The van der Waals surface area contributed by atoms with Crippen LogP contribution in [0.2, 0.25) is 0 Å². The highest BCUT2D eigenvalue weighted by molar-refractivity contribution is 5.76. The van der Waals surface area contributed by atoms with Gasteiger partial charge < -0.3 is 19.7 Å². The van der Waals surface area contributed by atoms with Crippen molar-refractivity contribution in [1.82, 2.24) is 9.47 Å². The van der Waals surface area contributed by atoms with E-state index in [1.165, 1.54) is 18.4 Å². The zero-order valence-electron chi connectivity index (χ0n) is 18.7. The molecular formula is C25H22N4O6. The van der Waals surface area contributed by atoms with Gasteiger partial charge in [-0.1, -0.05) is 30.3 Å². The third-order valence-corrected chi connectivity index (χ3v) is 5.99. The van der Waals surface area contributed by atoms with E-state index in [-0.39, 0.29) is 29.6 Å². The average Bonchev–Trinajstić information content (AvgIpc) is 3.24. The molecule has 5 rings (SSSR count). The molecule has 0 aliphatic carbocycles. The first-order chi connectivity index (χ1) is 16.9. The molecule has 10 heteroatoms. The first-order valence-electron chi connectivity index (χ1n) is 10.9. The monoisotopic (exact) mass is 474 g/mol. The summed E-state index contributed by atoms with van der Waals surface area (Å²) in [6, 6.07) is 18.0. The fraction of sp³-hybridized carbons (Fsp3) is 0.160. The molecule has 0 amide bonds. The number of nitro benzene ring substituents is 1. The number of aliphatic hydroxyl groups is 2. The van der Waals surface area contributed by atoms with Crippen LogP contribution in [-0.2, 0) is 9.47 Å². The standard InChI is InChI=1S/C25H22N4O6/c1-2-34-24(31)22-19-12-17(15-8-10-18(11-9-15)29(32)33)13-20(26)27(19)25-28(21(30)14-35-25)23(22)16-6-4-3-5-7-16/h3-14,23,25-26,30-31H,2H2,1H3/b24-22-,26-20?. The minimum absolute atomic E-state index is 0.0394. The van der Waals surface area contributed by atoms with Crippen LogP contribution in [0.1, 0.15) is 30.6 Å². The summed E-state index contributed by atoms with van der Waals surface area (Å²) >= 11 is 0. The van der Waals surface area contributed by atoms with Gasteiger partial charge in [-0.2, -0.15) is 0 Å². The van der Waals surface area contributed by atoms with E-state index in [0.29, 0.717) is 22.4 Å². The summed E-state index contributed by atoms with van der Waals surface area (Å²) in [7, 11) is 0. The molecule has 0 bridgehead atoms. The number of pyridine rings is 1. The van der Waals surface area contributed by atoms with Crippen molar-refractivity contribution < 1.29 is 24.6 Å². The van der Waals surface area contributed by atoms with E-state index in [9.17, 15) is 20.3 Å². The molecule has 0 spiro atoms. The number of nitrogens with zero attached hydrogens (tertiary/aromatic N) is 3. The number of nitrogens with one attached hydrogen (secondary N) is 1. The van der Waals surface area contributed by atoms with E-state index in [1.807, 2.05) is 30.3 Å². The van der Waals surface area contributed by atoms with Gasteiger partial charge in [0.05, 0.1) is 28.8 Å². The number of non-ortho nitro benzene ring substituents is 1. The highest BCUT2D eigenvalue weighted by Gasteiger charge is 2.46. The van der Waals surface area contributed by atoms with Crippen molar-refractivity contribution in [3.05, 3.63) is 112 Å². The molecule has 35 heavy (non-hydrogen) atoms. The van der Waals surface area contributed by atoms with Crippen molar-refractivity contribution in [3.63, 3.8) is 0 Å². The zero-order chi connectivity index (χ0) is 24.7. The number of hydrogen-bond acceptors (Lipinski definition) is 8. The molecule has 178 valence electrons. The number of aromatic nitrogens is 1. The molecule has 1 aromatic heterocycles. The summed E-state index contributed by atoms with van der Waals surface area (Å²) in [6.45, 7) is 1.95. The maximum absolute atomic E-state index is 11.1. The molecule has 0 saturated heterocycles. The van der Waals surface area contributed by atoms with Gasteiger partial charge in [-0.3, -0.25) is 25.0 Å². The van der Waals surface area contributed by atoms with E-state index in [2.05, 4.69) is 0 Å². The van der Waals surface area contributed by atoms with Crippen LogP contribution < -0.4 is 5.49 Å². The Morgan fingerprint density at radius 1 is 1.14 bits per heavy atom. The molecule has 3 aromatic rings. The van der Waals surface area contributed by atoms with Crippen LogP contribution in [0, 0.1) is 15.5 Å². The Bertz CT molecular complexity index is 1410. The molecule has 3 heterocycles. The summed E-state index contributed by atoms with van der Waals surface area (Å²) in [5.74, 6) is -0.490. The lowest BCUT2D eigenvalue weighted by atomic mass is 9.91. The molecule has 10 nitrogen and oxygen atoms in total. The van der Waals surface area contributed by atoms with Gasteiger partial charge in [0.1, 0.15) is 11.7 Å². The highest BCUT2D eigenvalue weighted by atomic mass is 16.6. The Kier molecular flexibility index (Phi) is 5.40. The summed E-state index contributed by atoms with van der Waals surface area (Å²) in [5.41, 5.74) is 2.85. The van der Waals surface area contributed by atoms with Crippen LogP contribution in [0.25, 0.3) is 16.7 Å². The minimum atomic E-state index is -0.869. The molecule has 2 aliphatic heterocycles. The van der Waals surface area contributed by atoms with Crippen molar-refractivity contribution >= 4 is 11.3 Å². The summed E-state index contributed by atoms with van der Waals surface area (Å²) in [6.07, 6.45) is 0.341. The van der Waals surface area contributed by atoms with Crippen molar-refractivity contribution in [2.75, 3.05) is 6.61 Å². The Balaban J connectivity index is 1.76. The topological polar surface area (TPSA) is 134 Å². The second-order valence-electron chi connectivity index (χ2n) is 8.00. The van der Waals surface area contributed by atoms with E-state index in [0.717, 1.165) is 5.56 Å². The second-order valence-corrected chi connectivity index (χ2v) is 8.00. The molecule has 2 unspecified atom stereocenters. The number of fused-ring (bicyclic) bond motifs is 3. The van der Waals surface area contributed by atoms with Crippen molar-refractivity contribution in [1.29, 1.82) is 5.41 Å². The largest absolute Gasteiger partial charge is 0.492 e. The Morgan fingerprint density at radius 2 is 1.86 bits per heavy atom. The van der Waals surface area contributed by atoms with Gasteiger partial charge in [-0.15, -0.1) is 0 Å². The fourth-order valence-corrected chi connectivity index (χ4v) is 4.48. The smallest absolute Gasteiger partial charge is 0.284 e. The van der Waals surface area contributed by atoms with Gasteiger partial charge in [0.15, 0.2) is 0 Å². The van der Waals surface area contributed by atoms with Gasteiger partial charge in [-0.25, -0.2) is 0 Å². The first kappa shape index (κ1) is 22.1. The quantitative estimate of drug-likeness (QED) is 0.277. The maximum Gasteiger partial charge on any atom is 0.284 e. The van der Waals surface area contributed by atoms with Crippen LogP contribution in [0.15, 0.2) is 84.8 Å². The molecule has 2 atom stereocenters. The number of benzene rings is 2. The lowest BCUT2D eigenvalue weighted by molar-refractivity contribution is -0.384. The zero-order valence-corrected chi connectivity index (χ0v) is 18.7. The number of hydrogen-bond donors (Lipinski definition) is 3. The van der Waals surface area contributed by atoms with E-state index in [1.54, 1.807) is 40.7 Å². The van der Waals surface area contributed by atoms with E-state index >= 15 is 0 Å². The highest BCUT2D eigenvalue weighted by Crippen LogP contribution is 2.49. The summed E-state index contributed by atoms with van der Waals surface area (Å²) < 4.78 is 12.8. The number of aliphatic hydroxyl groups excluding tert-OH is 2. The molecule has 3 N–H and O–H groups in total. The van der Waals surface area contributed by atoms with Crippen molar-refractivity contribution in [2.24, 2.45) is 0 Å². The van der Waals surface area contributed by atoms with Crippen molar-refractivity contribution in [2.45, 2.75) is 19.3 Å². The summed E-state index contributed by atoms with van der Waals surface area (Å²) in [5, 5.41) is 41.6. The summed E-state index contributed by atoms with van der Waals surface area (Å²) in [4.78, 5) is 12.2. The third kappa shape index (κ3) is 3.65. The molecular weight excluding hydrogens is 452 g/mol. The Hall–Kier alpha value is -4.73. The molecule has 2 aliphatic rings. The number of ether oxygens (including phenoxy) is 2. The van der Waals surface area contributed by atoms with Crippen LogP contribution in [0.4, 0.5) is 5.69 Å². The van der Waals surface area contributed by atoms with Gasteiger partial charge in [0.2, 0.25) is 5.88 Å². The second kappa shape index (κ2) is 8.56. The molecule has 0 saturated carbocycles. The van der Waals surface area contributed by atoms with Crippen LogP contribution in [0.5, 0.6) is 0 Å². The molecule has 0 fully saturated rings. The van der Waals surface area contributed by atoms with Crippen LogP contribution in [0.3, 0.4) is 0 Å². The van der Waals surface area contributed by atoms with Gasteiger partial charge in [0, 0.05) is 12.1 Å². The first-order valence-corrected chi connectivity index (χ1v) is 10.9. The maximum atomic E-state index is 11.1. The van der Waals surface area contributed by atoms with Crippen LogP contribution >= 0.6 is 0 Å². The lowest BCUT2D eigenvalue weighted by Crippen LogP contribution is -2.44. The minimum Gasteiger partial charge on any atom is -0.492 e.